The zero-order chi connectivity index (χ0) is 14.0. The van der Waals surface area contributed by atoms with Gasteiger partial charge in [0.15, 0.2) is 0 Å². The van der Waals surface area contributed by atoms with Gasteiger partial charge in [-0.2, -0.15) is 0 Å². The molecule has 20 heavy (non-hydrogen) atoms. The van der Waals surface area contributed by atoms with Crippen LogP contribution in [-0.2, 0) is 14.2 Å². The maximum absolute atomic E-state index is 6.08. The zero-order valence-electron chi connectivity index (χ0n) is 12.9. The third-order valence-electron chi connectivity index (χ3n) is 5.56. The molecule has 0 aromatic heterocycles. The number of hydrogen-bond donors (Lipinski definition) is 1. The maximum Gasteiger partial charge on any atom is 0.0939 e. The zero-order valence-corrected chi connectivity index (χ0v) is 12.9. The predicted molar refractivity (Wildman–Crippen MR) is 77.8 cm³/mol. The second kappa shape index (κ2) is 6.30. The molecule has 0 bridgehead atoms. The molecule has 0 aromatic rings. The van der Waals surface area contributed by atoms with E-state index in [1.165, 1.54) is 12.8 Å². The highest BCUT2D eigenvalue weighted by molar-refractivity contribution is 4.97. The first-order chi connectivity index (χ1) is 9.78. The molecule has 1 spiro atoms. The van der Waals surface area contributed by atoms with E-state index in [1.54, 1.807) is 0 Å². The van der Waals surface area contributed by atoms with Crippen LogP contribution in [0.3, 0.4) is 0 Å². The number of hydrogen-bond acceptors (Lipinski definition) is 4. The van der Waals surface area contributed by atoms with Crippen molar-refractivity contribution in [3.05, 3.63) is 0 Å². The highest BCUT2D eigenvalue weighted by Crippen LogP contribution is 2.40. The van der Waals surface area contributed by atoms with E-state index in [2.05, 4.69) is 19.3 Å². The van der Waals surface area contributed by atoms with Gasteiger partial charge in [-0.25, -0.2) is 0 Å². The number of rotatable bonds is 4. The largest absolute Gasteiger partial charge is 0.378 e. The molecule has 5 unspecified atom stereocenters. The maximum atomic E-state index is 6.08. The fraction of sp³-hybridized carbons (Fsp3) is 1.00. The van der Waals surface area contributed by atoms with Crippen LogP contribution in [-0.4, -0.2) is 51.2 Å². The van der Waals surface area contributed by atoms with Crippen LogP contribution in [0, 0.1) is 11.8 Å². The molecular weight excluding hydrogens is 254 g/mol. The van der Waals surface area contributed by atoms with Gasteiger partial charge in [0.2, 0.25) is 0 Å². The summed E-state index contributed by atoms with van der Waals surface area (Å²) >= 11 is 0. The average molecular weight is 283 g/mol. The van der Waals surface area contributed by atoms with Gasteiger partial charge in [0.25, 0.3) is 0 Å². The fourth-order valence-electron chi connectivity index (χ4n) is 4.53. The summed E-state index contributed by atoms with van der Waals surface area (Å²) in [6.07, 6.45) is 6.14. The summed E-state index contributed by atoms with van der Waals surface area (Å²) < 4.78 is 17.6. The molecule has 116 valence electrons. The monoisotopic (exact) mass is 283 g/mol. The quantitative estimate of drug-likeness (QED) is 0.856. The van der Waals surface area contributed by atoms with Crippen molar-refractivity contribution in [2.75, 3.05) is 33.5 Å². The van der Waals surface area contributed by atoms with Crippen molar-refractivity contribution in [3.63, 3.8) is 0 Å². The van der Waals surface area contributed by atoms with E-state index < -0.39 is 0 Å². The molecule has 3 saturated heterocycles. The number of ether oxygens (including phenoxy) is 3. The predicted octanol–water partition coefficient (Wildman–Crippen LogP) is 1.98. The Kier molecular flexibility index (Phi) is 4.65. The minimum Gasteiger partial charge on any atom is -0.378 e. The van der Waals surface area contributed by atoms with E-state index in [1.807, 2.05) is 0 Å². The molecule has 0 saturated carbocycles. The first-order valence-electron chi connectivity index (χ1n) is 8.28. The molecule has 3 heterocycles. The number of nitrogens with one attached hydrogen (secondary N) is 1. The normalized spacial score (nSPS) is 43.2. The lowest BCUT2D eigenvalue weighted by Gasteiger charge is -2.42. The van der Waals surface area contributed by atoms with E-state index in [4.69, 9.17) is 14.2 Å². The lowest BCUT2D eigenvalue weighted by molar-refractivity contribution is -0.107. The summed E-state index contributed by atoms with van der Waals surface area (Å²) in [5, 5.41) is 3.61. The molecule has 0 aromatic carbocycles. The summed E-state index contributed by atoms with van der Waals surface area (Å²) in [6.45, 7) is 5.71. The van der Waals surface area contributed by atoms with E-state index in [-0.39, 0.29) is 5.60 Å². The molecular formula is C16H29NO3. The Bertz CT molecular complexity index is 317. The van der Waals surface area contributed by atoms with Gasteiger partial charge in [-0.3, -0.25) is 0 Å². The minimum atomic E-state index is 0.0131. The molecule has 4 heteroatoms. The average Bonchev–Trinajstić information content (AvgIpc) is 3.10. The van der Waals surface area contributed by atoms with E-state index in [0.29, 0.717) is 24.0 Å². The molecule has 4 nitrogen and oxygen atoms in total. The molecule has 3 fully saturated rings. The summed E-state index contributed by atoms with van der Waals surface area (Å²) in [7, 11) is 2.11. The first-order valence-corrected chi connectivity index (χ1v) is 8.28. The van der Waals surface area contributed by atoms with Crippen LogP contribution in [0.4, 0.5) is 0 Å². The van der Waals surface area contributed by atoms with Crippen LogP contribution >= 0.6 is 0 Å². The molecule has 3 aliphatic rings. The van der Waals surface area contributed by atoms with Crippen LogP contribution in [0.15, 0.2) is 0 Å². The van der Waals surface area contributed by atoms with Crippen LogP contribution in [0.2, 0.25) is 0 Å². The molecule has 0 radical (unpaired) electrons. The molecule has 3 rings (SSSR count). The molecule has 0 aliphatic carbocycles. The van der Waals surface area contributed by atoms with E-state index >= 15 is 0 Å². The Hall–Kier alpha value is -0.160. The smallest absolute Gasteiger partial charge is 0.0939 e. The SMILES string of the molecule is CCC1OCCC1C(NC)C1CCOC2(CCOC2)C1. The van der Waals surface area contributed by atoms with Gasteiger partial charge in [-0.15, -0.1) is 0 Å². The van der Waals surface area contributed by atoms with Crippen molar-refractivity contribution in [3.8, 4) is 0 Å². The van der Waals surface area contributed by atoms with Crippen molar-refractivity contribution >= 4 is 0 Å². The van der Waals surface area contributed by atoms with E-state index in [0.717, 1.165) is 45.7 Å². The standard InChI is InChI=1S/C16H29NO3/c1-3-14-13(5-7-19-14)15(17-2)12-4-8-20-16(10-12)6-9-18-11-16/h12-15,17H,3-11H2,1-2H3. The summed E-state index contributed by atoms with van der Waals surface area (Å²) in [5.41, 5.74) is 0.0131. The van der Waals surface area contributed by atoms with Crippen LogP contribution < -0.4 is 5.32 Å². The van der Waals surface area contributed by atoms with Gasteiger partial charge in [-0.1, -0.05) is 6.92 Å². The van der Waals surface area contributed by atoms with E-state index in [9.17, 15) is 0 Å². The van der Waals surface area contributed by atoms with Crippen molar-refractivity contribution in [2.45, 2.75) is 56.8 Å². The van der Waals surface area contributed by atoms with Gasteiger partial charge in [0, 0.05) is 38.2 Å². The molecule has 5 atom stereocenters. The van der Waals surface area contributed by atoms with Crippen LogP contribution in [0.5, 0.6) is 0 Å². The Morgan fingerprint density at radius 3 is 2.85 bits per heavy atom. The van der Waals surface area contributed by atoms with Gasteiger partial charge >= 0.3 is 0 Å². The third kappa shape index (κ3) is 2.76. The summed E-state index contributed by atoms with van der Waals surface area (Å²) in [5.74, 6) is 1.35. The van der Waals surface area contributed by atoms with Gasteiger partial charge in [-0.05, 0) is 38.6 Å². The fourth-order valence-corrected chi connectivity index (χ4v) is 4.53. The Balaban J connectivity index is 1.69. The van der Waals surface area contributed by atoms with Crippen LogP contribution in [0.25, 0.3) is 0 Å². The molecule has 1 N–H and O–H groups in total. The molecule has 0 amide bonds. The van der Waals surface area contributed by atoms with Gasteiger partial charge in [0.05, 0.1) is 18.3 Å². The topological polar surface area (TPSA) is 39.7 Å². The highest BCUT2D eigenvalue weighted by atomic mass is 16.6. The Morgan fingerprint density at radius 1 is 1.25 bits per heavy atom. The minimum absolute atomic E-state index is 0.0131. The van der Waals surface area contributed by atoms with Crippen molar-refractivity contribution in [1.82, 2.24) is 5.32 Å². The van der Waals surface area contributed by atoms with Gasteiger partial charge in [0.1, 0.15) is 0 Å². The lowest BCUT2D eigenvalue weighted by Crippen LogP contribution is -2.50. The van der Waals surface area contributed by atoms with Crippen LogP contribution in [0.1, 0.15) is 39.0 Å². The highest BCUT2D eigenvalue weighted by Gasteiger charge is 2.45. The first kappa shape index (κ1) is 14.8. The molecule has 3 aliphatic heterocycles. The lowest BCUT2D eigenvalue weighted by atomic mass is 9.75. The van der Waals surface area contributed by atoms with Crippen molar-refractivity contribution in [1.29, 1.82) is 0 Å². The van der Waals surface area contributed by atoms with Crippen molar-refractivity contribution < 1.29 is 14.2 Å². The second-order valence-electron chi connectivity index (χ2n) is 6.67. The third-order valence-corrected chi connectivity index (χ3v) is 5.56. The van der Waals surface area contributed by atoms with Gasteiger partial charge < -0.3 is 19.5 Å². The summed E-state index contributed by atoms with van der Waals surface area (Å²) in [4.78, 5) is 0. The Labute approximate surface area is 122 Å². The summed E-state index contributed by atoms with van der Waals surface area (Å²) in [6, 6.07) is 0.559. The Morgan fingerprint density at radius 2 is 2.15 bits per heavy atom. The second-order valence-corrected chi connectivity index (χ2v) is 6.67. The van der Waals surface area contributed by atoms with Crippen molar-refractivity contribution in [2.24, 2.45) is 11.8 Å².